The van der Waals surface area contributed by atoms with Crippen LogP contribution in [0.15, 0.2) is 67.0 Å². The van der Waals surface area contributed by atoms with Gasteiger partial charge in [0.15, 0.2) is 0 Å². The molecule has 1 amide bonds. The second-order valence-electron chi connectivity index (χ2n) is 9.50. The van der Waals surface area contributed by atoms with Crippen molar-refractivity contribution in [1.82, 2.24) is 30.2 Å². The van der Waals surface area contributed by atoms with Crippen molar-refractivity contribution in [2.75, 3.05) is 38.2 Å². The minimum Gasteiger partial charge on any atom is -0.467 e. The Balaban J connectivity index is 1.13. The third-order valence-corrected chi connectivity index (χ3v) is 7.01. The topological polar surface area (TPSA) is 105 Å². The van der Waals surface area contributed by atoms with Crippen molar-refractivity contribution < 1.29 is 14.3 Å². The van der Waals surface area contributed by atoms with Crippen LogP contribution in [0.2, 0.25) is 5.02 Å². The Morgan fingerprint density at radius 1 is 1.08 bits per heavy atom. The Morgan fingerprint density at radius 3 is 2.64 bits per heavy atom. The van der Waals surface area contributed by atoms with E-state index in [1.165, 1.54) is 11.8 Å². The number of carbonyl (C=O) groups is 2. The molecule has 1 aliphatic rings. The van der Waals surface area contributed by atoms with Crippen LogP contribution in [0.25, 0.3) is 10.9 Å². The Hall–Kier alpha value is -4.02. The quantitative estimate of drug-likeness (QED) is 0.319. The molecule has 1 atom stereocenters. The molecule has 202 valence electrons. The number of methoxy groups -OCH3 is 1. The highest BCUT2D eigenvalue weighted by Gasteiger charge is 2.23. The number of nitrogens with zero attached hydrogens (tertiary/aromatic N) is 6. The van der Waals surface area contributed by atoms with Crippen LogP contribution in [0.5, 0.6) is 0 Å². The first-order chi connectivity index (χ1) is 19.0. The Morgan fingerprint density at radius 2 is 1.87 bits per heavy atom. The van der Waals surface area contributed by atoms with E-state index in [4.69, 9.17) is 16.3 Å². The summed E-state index contributed by atoms with van der Waals surface area (Å²) in [7, 11) is 1.31. The maximum Gasteiger partial charge on any atom is 0.328 e. The number of esters is 1. The molecule has 0 saturated carbocycles. The Kier molecular flexibility index (Phi) is 8.33. The molecule has 11 heteroatoms. The number of nitrogens with one attached hydrogen (secondary N) is 1. The predicted octanol–water partition coefficient (Wildman–Crippen LogP) is 2.70. The smallest absolute Gasteiger partial charge is 0.328 e. The van der Waals surface area contributed by atoms with Crippen LogP contribution in [-0.2, 0) is 33.8 Å². The second kappa shape index (κ2) is 12.2. The standard InChI is InChI=1S/C28H30ClN7O3/c1-39-28(38)25(15-20-5-3-2-4-6-20)31-27(37)19-36-18-22(32-33-36)17-34-11-13-35(14-12-34)26-9-10-30-24-16-21(29)7-8-23(24)26/h2-10,16,18,25H,11-15,17,19H2,1H3,(H,31,37)/t25-/m0/s1. The molecule has 1 fully saturated rings. The third-order valence-electron chi connectivity index (χ3n) is 6.78. The van der Waals surface area contributed by atoms with Crippen LogP contribution >= 0.6 is 11.6 Å². The zero-order valence-electron chi connectivity index (χ0n) is 21.7. The number of amides is 1. The molecule has 0 aliphatic carbocycles. The van der Waals surface area contributed by atoms with Crippen molar-refractivity contribution >= 4 is 40.1 Å². The van der Waals surface area contributed by atoms with Gasteiger partial charge in [0.05, 0.1) is 24.5 Å². The van der Waals surface area contributed by atoms with Gasteiger partial charge >= 0.3 is 5.97 Å². The average Bonchev–Trinajstić information content (AvgIpc) is 3.39. The van der Waals surface area contributed by atoms with Gasteiger partial charge in [-0.2, -0.15) is 0 Å². The molecule has 1 N–H and O–H groups in total. The van der Waals surface area contributed by atoms with Gasteiger partial charge in [-0.25, -0.2) is 9.48 Å². The summed E-state index contributed by atoms with van der Waals surface area (Å²) in [4.78, 5) is 34.0. The minimum atomic E-state index is -0.779. The normalized spacial score (nSPS) is 14.8. The highest BCUT2D eigenvalue weighted by atomic mass is 35.5. The fourth-order valence-corrected chi connectivity index (χ4v) is 4.98. The zero-order chi connectivity index (χ0) is 27.2. The van der Waals surface area contributed by atoms with E-state index in [9.17, 15) is 9.59 Å². The van der Waals surface area contributed by atoms with Crippen LogP contribution in [0.3, 0.4) is 0 Å². The molecule has 39 heavy (non-hydrogen) atoms. The molecule has 0 spiro atoms. The van der Waals surface area contributed by atoms with Crippen molar-refractivity contribution in [3.8, 4) is 0 Å². The molecular weight excluding hydrogens is 518 g/mol. The largest absolute Gasteiger partial charge is 0.467 e. The summed E-state index contributed by atoms with van der Waals surface area (Å²) in [5, 5.41) is 12.9. The van der Waals surface area contributed by atoms with Gasteiger partial charge in [-0.15, -0.1) is 5.10 Å². The molecule has 1 saturated heterocycles. The molecule has 2 aromatic carbocycles. The van der Waals surface area contributed by atoms with Gasteiger partial charge in [-0.05, 0) is 29.8 Å². The monoisotopic (exact) mass is 547 g/mol. The van der Waals surface area contributed by atoms with Crippen LogP contribution in [0.1, 0.15) is 11.3 Å². The van der Waals surface area contributed by atoms with Gasteiger partial charge in [0.25, 0.3) is 0 Å². The summed E-state index contributed by atoms with van der Waals surface area (Å²) in [5.41, 5.74) is 3.76. The van der Waals surface area contributed by atoms with E-state index in [1.54, 1.807) is 6.20 Å². The van der Waals surface area contributed by atoms with E-state index in [0.29, 0.717) is 18.0 Å². The molecule has 0 radical (unpaired) electrons. The van der Waals surface area contributed by atoms with Gasteiger partial charge in [0, 0.05) is 61.4 Å². The summed E-state index contributed by atoms with van der Waals surface area (Å²) >= 11 is 6.14. The molecule has 10 nitrogen and oxygen atoms in total. The van der Waals surface area contributed by atoms with E-state index < -0.39 is 12.0 Å². The molecule has 4 aromatic rings. The van der Waals surface area contributed by atoms with E-state index in [2.05, 4.69) is 30.4 Å². The SMILES string of the molecule is COC(=O)[C@H](Cc1ccccc1)NC(=O)Cn1cc(CN2CCN(c3ccnc4cc(Cl)ccc34)CC2)nn1. The lowest BCUT2D eigenvalue weighted by atomic mass is 10.1. The predicted molar refractivity (Wildman–Crippen MR) is 148 cm³/mol. The number of hydrogen-bond acceptors (Lipinski definition) is 8. The third kappa shape index (κ3) is 6.71. The first-order valence-electron chi connectivity index (χ1n) is 12.8. The van der Waals surface area contributed by atoms with Crippen LogP contribution in [0, 0.1) is 0 Å². The van der Waals surface area contributed by atoms with Gasteiger partial charge < -0.3 is 15.0 Å². The van der Waals surface area contributed by atoms with Gasteiger partial charge in [-0.1, -0.05) is 47.1 Å². The minimum absolute atomic E-state index is 0.0395. The number of rotatable bonds is 9. The number of pyridine rings is 1. The number of fused-ring (bicyclic) bond motifs is 1. The van der Waals surface area contributed by atoms with E-state index >= 15 is 0 Å². The molecule has 5 rings (SSSR count). The molecular formula is C28H30ClN7O3. The lowest BCUT2D eigenvalue weighted by Gasteiger charge is -2.36. The van der Waals surface area contributed by atoms with Crippen molar-refractivity contribution in [2.45, 2.75) is 25.6 Å². The number of piperazine rings is 1. The van der Waals surface area contributed by atoms with Crippen molar-refractivity contribution in [2.24, 2.45) is 0 Å². The number of aromatic nitrogens is 4. The summed E-state index contributed by atoms with van der Waals surface area (Å²) in [5.74, 6) is -0.827. The number of benzene rings is 2. The molecule has 3 heterocycles. The lowest BCUT2D eigenvalue weighted by molar-refractivity contribution is -0.145. The number of anilines is 1. The van der Waals surface area contributed by atoms with Crippen LogP contribution in [0.4, 0.5) is 5.69 Å². The number of carbonyl (C=O) groups excluding carboxylic acids is 2. The Bertz CT molecular complexity index is 1440. The number of hydrogen-bond donors (Lipinski definition) is 1. The summed E-state index contributed by atoms with van der Waals surface area (Å²) in [6.45, 7) is 4.07. The summed E-state index contributed by atoms with van der Waals surface area (Å²) < 4.78 is 6.37. The van der Waals surface area contributed by atoms with Gasteiger partial charge in [0.2, 0.25) is 5.91 Å². The van der Waals surface area contributed by atoms with Crippen molar-refractivity contribution in [3.05, 3.63) is 83.3 Å². The molecule has 1 aliphatic heterocycles. The molecule has 2 aromatic heterocycles. The summed E-state index contributed by atoms with van der Waals surface area (Å²) in [6.07, 6.45) is 3.94. The van der Waals surface area contributed by atoms with Crippen molar-refractivity contribution in [3.63, 3.8) is 0 Å². The van der Waals surface area contributed by atoms with Crippen LogP contribution < -0.4 is 10.2 Å². The van der Waals surface area contributed by atoms with Crippen molar-refractivity contribution in [1.29, 1.82) is 0 Å². The highest BCUT2D eigenvalue weighted by Crippen LogP contribution is 2.28. The van der Waals surface area contributed by atoms with Gasteiger partial charge in [0.1, 0.15) is 12.6 Å². The number of halogens is 1. The zero-order valence-corrected chi connectivity index (χ0v) is 22.4. The molecule has 0 bridgehead atoms. The lowest BCUT2D eigenvalue weighted by Crippen LogP contribution is -2.46. The molecule has 0 unspecified atom stereocenters. The first-order valence-corrected chi connectivity index (χ1v) is 13.2. The average molecular weight is 548 g/mol. The number of ether oxygens (including phenoxy) is 1. The van der Waals surface area contributed by atoms with Gasteiger partial charge in [-0.3, -0.25) is 14.7 Å². The van der Waals surface area contributed by atoms with Crippen LogP contribution in [-0.4, -0.2) is 76.1 Å². The second-order valence-corrected chi connectivity index (χ2v) is 9.93. The van der Waals surface area contributed by atoms with E-state index in [1.807, 2.05) is 60.8 Å². The summed E-state index contributed by atoms with van der Waals surface area (Å²) in [6, 6.07) is 16.6. The highest BCUT2D eigenvalue weighted by molar-refractivity contribution is 6.31. The van der Waals surface area contributed by atoms with E-state index in [0.717, 1.165) is 54.0 Å². The first kappa shape index (κ1) is 26.6. The fraction of sp³-hybridized carbons (Fsp3) is 0.321. The maximum absolute atomic E-state index is 12.7. The fourth-order valence-electron chi connectivity index (χ4n) is 4.82. The van der Waals surface area contributed by atoms with E-state index in [-0.39, 0.29) is 12.5 Å². The Labute approximate surface area is 231 Å². The maximum atomic E-state index is 12.7.